The predicted octanol–water partition coefficient (Wildman–Crippen LogP) is 3.80. The van der Waals surface area contributed by atoms with Crippen molar-refractivity contribution in [3.63, 3.8) is 0 Å². The molecule has 3 saturated heterocycles. The van der Waals surface area contributed by atoms with Gasteiger partial charge in [0.2, 0.25) is 12.3 Å². The Labute approximate surface area is 245 Å². The van der Waals surface area contributed by atoms with Crippen LogP contribution in [0.4, 0.5) is 29.2 Å². The molecule has 0 radical (unpaired) electrons. The monoisotopic (exact) mass is 602 g/mol. The average Bonchev–Trinajstić information content (AvgIpc) is 3.44. The molecule has 230 valence electrons. The number of nitrogens with zero attached hydrogens (tertiary/aromatic N) is 5. The second-order valence-electron chi connectivity index (χ2n) is 12.2. The van der Waals surface area contributed by atoms with E-state index in [1.54, 1.807) is 6.92 Å². The van der Waals surface area contributed by atoms with Gasteiger partial charge in [0.05, 0.1) is 11.6 Å². The Bertz CT molecular complexity index is 1580. The molecule has 3 fully saturated rings. The predicted molar refractivity (Wildman–Crippen MR) is 152 cm³/mol. The van der Waals surface area contributed by atoms with E-state index in [4.69, 9.17) is 15.2 Å². The second-order valence-corrected chi connectivity index (χ2v) is 12.2. The number of pyridine rings is 2. The summed E-state index contributed by atoms with van der Waals surface area (Å²) in [6.07, 6.45) is -1.83. The average molecular weight is 603 g/mol. The van der Waals surface area contributed by atoms with Crippen molar-refractivity contribution in [3.8, 4) is 23.1 Å². The molecular formula is C29H34F4N8O2. The Morgan fingerprint density at radius 3 is 2.88 bits per heavy atom. The van der Waals surface area contributed by atoms with Crippen LogP contribution in [-0.2, 0) is 6.42 Å². The first-order valence-corrected chi connectivity index (χ1v) is 14.7. The number of hydrogen-bond acceptors (Lipinski definition) is 10. The first-order valence-electron chi connectivity index (χ1n) is 14.7. The second kappa shape index (κ2) is 10.6. The van der Waals surface area contributed by atoms with Crippen molar-refractivity contribution >= 4 is 22.5 Å². The highest BCUT2D eigenvalue weighted by atomic mass is 19.3. The van der Waals surface area contributed by atoms with Crippen LogP contribution < -0.4 is 25.8 Å². The number of hydrogen-bond donors (Lipinski definition) is 3. The van der Waals surface area contributed by atoms with E-state index in [9.17, 15) is 13.2 Å². The lowest BCUT2D eigenvalue weighted by molar-refractivity contribution is 0.107. The number of nitrogens with one attached hydrogen (secondary N) is 2. The van der Waals surface area contributed by atoms with E-state index < -0.39 is 30.4 Å². The van der Waals surface area contributed by atoms with Crippen LogP contribution in [0.1, 0.15) is 43.9 Å². The molecule has 43 heavy (non-hydrogen) atoms. The highest BCUT2D eigenvalue weighted by Crippen LogP contribution is 2.42. The van der Waals surface area contributed by atoms with Crippen LogP contribution >= 0.6 is 0 Å². The van der Waals surface area contributed by atoms with Gasteiger partial charge in [0, 0.05) is 55.7 Å². The van der Waals surface area contributed by atoms with Gasteiger partial charge >= 0.3 is 6.01 Å². The third-order valence-electron chi connectivity index (χ3n) is 9.12. The van der Waals surface area contributed by atoms with E-state index in [-0.39, 0.29) is 81.7 Å². The lowest BCUT2D eigenvalue weighted by Gasteiger charge is -2.30. The van der Waals surface area contributed by atoms with Gasteiger partial charge < -0.3 is 25.8 Å². The number of nitrogen functional groups attached to an aromatic ring is 1. The van der Waals surface area contributed by atoms with Gasteiger partial charge in [0.15, 0.2) is 5.82 Å². The minimum absolute atomic E-state index is 0.0417. The summed E-state index contributed by atoms with van der Waals surface area (Å²) in [6, 6.07) is 1.67. The zero-order valence-corrected chi connectivity index (χ0v) is 24.0. The van der Waals surface area contributed by atoms with E-state index in [0.717, 1.165) is 19.4 Å². The van der Waals surface area contributed by atoms with Crippen molar-refractivity contribution < 1.29 is 27.0 Å². The molecule has 3 aromatic heterocycles. The van der Waals surface area contributed by atoms with Gasteiger partial charge in [-0.1, -0.05) is 0 Å². The number of alkyl halides is 3. The van der Waals surface area contributed by atoms with Gasteiger partial charge in [0.25, 0.3) is 0 Å². The van der Waals surface area contributed by atoms with Gasteiger partial charge in [-0.15, -0.1) is 0 Å². The number of nitrogens with two attached hydrogens (primary N) is 1. The molecule has 5 atom stereocenters. The van der Waals surface area contributed by atoms with E-state index in [2.05, 4.69) is 35.5 Å². The molecule has 0 saturated carbocycles. The fourth-order valence-corrected chi connectivity index (χ4v) is 7.03. The summed E-state index contributed by atoms with van der Waals surface area (Å²) in [5.74, 6) is -0.460. The lowest BCUT2D eigenvalue weighted by Crippen LogP contribution is -2.43. The number of rotatable bonds is 6. The number of aromatic nitrogens is 4. The Hall–Kier alpha value is -3.52. The summed E-state index contributed by atoms with van der Waals surface area (Å²) in [7, 11) is 0. The molecule has 10 nitrogen and oxygen atoms in total. The molecule has 0 bridgehead atoms. The van der Waals surface area contributed by atoms with Crippen molar-refractivity contribution in [2.24, 2.45) is 0 Å². The van der Waals surface area contributed by atoms with Crippen LogP contribution in [0.15, 0.2) is 6.07 Å². The molecule has 7 rings (SSSR count). The number of halogens is 4. The van der Waals surface area contributed by atoms with Crippen molar-refractivity contribution in [1.29, 1.82) is 0 Å². The van der Waals surface area contributed by atoms with Crippen molar-refractivity contribution in [3.05, 3.63) is 23.1 Å². The summed E-state index contributed by atoms with van der Waals surface area (Å²) in [6.45, 7) is 5.28. The third kappa shape index (κ3) is 5.17. The van der Waals surface area contributed by atoms with E-state index in [0.29, 0.717) is 25.9 Å². The Morgan fingerprint density at radius 2 is 2.07 bits per heavy atom. The molecule has 4 aliphatic rings. The standard InChI is InChI=1S/C29H34F4N8O2/c1-13-6-18-19(37-18)10-35-26-22-25(39-28(40-26)42-12-29-4-3-5-41(29)11-15(30)9-29)23(33)24(38-27(22)43-13)17-8-21(34)36-14(2)16(17)7-20(31)32/h8,13,15,18-20,37H,3-7,9-12H2,1-2H3,(H2,34,36)(H,35,39,40)/t13-,15+,18?,19?,29?/m0/s1. The lowest BCUT2D eigenvalue weighted by atomic mass is 9.95. The molecule has 0 amide bonds. The largest absolute Gasteiger partial charge is 0.474 e. The Morgan fingerprint density at radius 1 is 1.23 bits per heavy atom. The van der Waals surface area contributed by atoms with Crippen LogP contribution in [0, 0.1) is 12.7 Å². The van der Waals surface area contributed by atoms with Crippen LogP contribution in [0.2, 0.25) is 0 Å². The highest BCUT2D eigenvalue weighted by molar-refractivity contribution is 5.96. The van der Waals surface area contributed by atoms with Gasteiger partial charge in [-0.2, -0.15) is 9.97 Å². The zero-order chi connectivity index (χ0) is 30.0. The zero-order valence-electron chi connectivity index (χ0n) is 24.0. The summed E-state index contributed by atoms with van der Waals surface area (Å²) in [5.41, 5.74) is 5.65. The van der Waals surface area contributed by atoms with Crippen molar-refractivity contribution in [2.75, 3.05) is 37.3 Å². The summed E-state index contributed by atoms with van der Waals surface area (Å²) in [4.78, 5) is 19.9. The van der Waals surface area contributed by atoms with Crippen LogP contribution in [-0.4, -0.2) is 87.4 Å². The summed E-state index contributed by atoms with van der Waals surface area (Å²) < 4.78 is 70.7. The number of ether oxygens (including phenoxy) is 2. The number of aryl methyl sites for hydroxylation is 1. The summed E-state index contributed by atoms with van der Waals surface area (Å²) in [5, 5.41) is 6.91. The molecule has 14 heteroatoms. The number of anilines is 2. The Balaban J connectivity index is 1.38. The molecule has 0 aromatic carbocycles. The van der Waals surface area contributed by atoms with Crippen molar-refractivity contribution in [2.45, 2.75) is 82.3 Å². The smallest absolute Gasteiger partial charge is 0.319 e. The normalized spacial score (nSPS) is 28.3. The minimum Gasteiger partial charge on any atom is -0.474 e. The molecule has 7 heterocycles. The highest BCUT2D eigenvalue weighted by Gasteiger charge is 2.49. The first kappa shape index (κ1) is 28.3. The van der Waals surface area contributed by atoms with Crippen LogP contribution in [0.5, 0.6) is 11.9 Å². The quantitative estimate of drug-likeness (QED) is 0.283. The van der Waals surface area contributed by atoms with Crippen LogP contribution in [0.25, 0.3) is 22.2 Å². The molecule has 3 unspecified atom stereocenters. The topological polar surface area (TPSA) is 133 Å². The minimum atomic E-state index is -2.70. The molecule has 0 aliphatic carbocycles. The number of fused-ring (bicyclic) bond motifs is 2. The SMILES string of the molecule is Cc1nc(N)cc(-c2nc3c4c(nc(OCC56CCCN5C[C@H](F)C6)nc4c2F)NCC2NC2C[C@H](C)O3)c1CC(F)F. The van der Waals surface area contributed by atoms with Gasteiger partial charge in [0.1, 0.15) is 41.0 Å². The molecule has 4 aliphatic heterocycles. The molecule has 3 aromatic rings. The Kier molecular flexibility index (Phi) is 6.95. The molecular weight excluding hydrogens is 568 g/mol. The van der Waals surface area contributed by atoms with Gasteiger partial charge in [-0.25, -0.2) is 27.5 Å². The van der Waals surface area contributed by atoms with E-state index in [1.807, 2.05) is 6.92 Å². The maximum atomic E-state index is 16.6. The van der Waals surface area contributed by atoms with Crippen molar-refractivity contribution in [1.82, 2.24) is 30.2 Å². The summed E-state index contributed by atoms with van der Waals surface area (Å²) >= 11 is 0. The molecule has 4 N–H and O–H groups in total. The molecule has 0 spiro atoms. The third-order valence-corrected chi connectivity index (χ3v) is 9.12. The van der Waals surface area contributed by atoms with E-state index >= 15 is 4.39 Å². The van der Waals surface area contributed by atoms with Gasteiger partial charge in [-0.05, 0) is 44.9 Å². The van der Waals surface area contributed by atoms with Gasteiger partial charge in [-0.3, -0.25) is 4.90 Å². The maximum absolute atomic E-state index is 16.6. The van der Waals surface area contributed by atoms with E-state index in [1.165, 1.54) is 6.07 Å². The fraction of sp³-hybridized carbons (Fsp3) is 0.586. The van der Waals surface area contributed by atoms with Crippen LogP contribution in [0.3, 0.4) is 0 Å². The fourth-order valence-electron chi connectivity index (χ4n) is 7.03. The maximum Gasteiger partial charge on any atom is 0.319 e. The first-order chi connectivity index (χ1) is 20.6.